The summed E-state index contributed by atoms with van der Waals surface area (Å²) in [6, 6.07) is 7.49. The third-order valence-corrected chi connectivity index (χ3v) is 5.04. The van der Waals surface area contributed by atoms with Gasteiger partial charge < -0.3 is 16.0 Å². The van der Waals surface area contributed by atoms with E-state index in [9.17, 15) is 9.59 Å². The van der Waals surface area contributed by atoms with Gasteiger partial charge in [-0.05, 0) is 43.9 Å². The number of nitrogens with one attached hydrogen (secondary N) is 2. The molecular formula is C19H26N4O2. The second-order valence-electron chi connectivity index (χ2n) is 6.84. The van der Waals surface area contributed by atoms with Crippen molar-refractivity contribution in [3.05, 3.63) is 40.4 Å². The summed E-state index contributed by atoms with van der Waals surface area (Å²) >= 11 is 0. The van der Waals surface area contributed by atoms with E-state index in [1.807, 2.05) is 18.2 Å². The van der Waals surface area contributed by atoms with Crippen molar-refractivity contribution in [2.45, 2.75) is 51.0 Å². The summed E-state index contributed by atoms with van der Waals surface area (Å²) < 4.78 is 0. The molecule has 0 spiro atoms. The van der Waals surface area contributed by atoms with Crippen LogP contribution in [0.4, 0.5) is 0 Å². The molecule has 1 aromatic carbocycles. The molecule has 3 rings (SSSR count). The maximum Gasteiger partial charge on any atom is 0.258 e. The molecule has 1 aliphatic rings. The first-order valence-corrected chi connectivity index (χ1v) is 9.14. The van der Waals surface area contributed by atoms with Crippen molar-refractivity contribution in [1.82, 2.24) is 15.3 Å². The number of hydrogen-bond acceptors (Lipinski definition) is 4. The first-order valence-electron chi connectivity index (χ1n) is 9.14. The highest BCUT2D eigenvalue weighted by Crippen LogP contribution is 2.23. The molecule has 2 atom stereocenters. The third-order valence-electron chi connectivity index (χ3n) is 5.04. The number of para-hydroxylation sites is 1. The molecule has 25 heavy (non-hydrogen) atoms. The lowest BCUT2D eigenvalue weighted by atomic mass is 9.84. The number of amides is 1. The van der Waals surface area contributed by atoms with Crippen molar-refractivity contribution in [1.29, 1.82) is 0 Å². The highest BCUT2D eigenvalue weighted by molar-refractivity contribution is 5.77. The van der Waals surface area contributed by atoms with Crippen LogP contribution in [0, 0.1) is 5.92 Å². The van der Waals surface area contributed by atoms with Gasteiger partial charge in [0.25, 0.3) is 5.56 Å². The molecule has 0 radical (unpaired) electrons. The van der Waals surface area contributed by atoms with Crippen molar-refractivity contribution >= 4 is 16.8 Å². The monoisotopic (exact) mass is 342 g/mol. The van der Waals surface area contributed by atoms with Crippen LogP contribution >= 0.6 is 0 Å². The summed E-state index contributed by atoms with van der Waals surface area (Å²) in [5, 5.41) is 3.73. The summed E-state index contributed by atoms with van der Waals surface area (Å²) in [4.78, 5) is 31.5. The molecule has 134 valence electrons. The average molecular weight is 342 g/mol. The number of nitrogens with zero attached hydrogens (tertiary/aromatic N) is 1. The smallest absolute Gasteiger partial charge is 0.258 e. The van der Waals surface area contributed by atoms with Gasteiger partial charge in [0.2, 0.25) is 5.91 Å². The van der Waals surface area contributed by atoms with Crippen LogP contribution < -0.4 is 16.6 Å². The quantitative estimate of drug-likeness (QED) is 0.746. The van der Waals surface area contributed by atoms with E-state index in [1.165, 1.54) is 6.42 Å². The van der Waals surface area contributed by atoms with Crippen LogP contribution in [0.25, 0.3) is 10.9 Å². The molecule has 1 fully saturated rings. The van der Waals surface area contributed by atoms with Gasteiger partial charge in [-0.2, -0.15) is 0 Å². The molecule has 1 aliphatic carbocycles. The Balaban J connectivity index is 1.52. The van der Waals surface area contributed by atoms with Gasteiger partial charge >= 0.3 is 0 Å². The fraction of sp³-hybridized carbons (Fsp3) is 0.526. The van der Waals surface area contributed by atoms with Crippen LogP contribution in [0.3, 0.4) is 0 Å². The maximum atomic E-state index is 12.2. The zero-order chi connectivity index (χ0) is 17.6. The van der Waals surface area contributed by atoms with Crippen LogP contribution in [0.5, 0.6) is 0 Å². The second kappa shape index (κ2) is 8.25. The number of aromatic amines is 1. The van der Waals surface area contributed by atoms with Crippen molar-refractivity contribution in [3.8, 4) is 0 Å². The molecule has 6 heteroatoms. The minimum Gasteiger partial charge on any atom is -0.353 e. The lowest BCUT2D eigenvalue weighted by Crippen LogP contribution is -2.44. The topological polar surface area (TPSA) is 101 Å². The number of hydrogen-bond donors (Lipinski definition) is 3. The summed E-state index contributed by atoms with van der Waals surface area (Å²) in [5.41, 5.74) is 6.38. The summed E-state index contributed by atoms with van der Waals surface area (Å²) in [6.45, 7) is 0.632. The number of carbonyl (C=O) groups excluding carboxylic acids is 1. The largest absolute Gasteiger partial charge is 0.353 e. The van der Waals surface area contributed by atoms with Gasteiger partial charge in [0.05, 0.1) is 10.9 Å². The second-order valence-corrected chi connectivity index (χ2v) is 6.84. The maximum absolute atomic E-state index is 12.2. The van der Waals surface area contributed by atoms with Gasteiger partial charge in [-0.15, -0.1) is 0 Å². The molecule has 1 amide bonds. The molecule has 4 N–H and O–H groups in total. The minimum absolute atomic E-state index is 0.0634. The van der Waals surface area contributed by atoms with E-state index in [0.717, 1.165) is 19.3 Å². The molecule has 2 aromatic rings. The molecule has 0 saturated heterocycles. The van der Waals surface area contributed by atoms with Crippen LogP contribution in [0.2, 0.25) is 0 Å². The fourth-order valence-electron chi connectivity index (χ4n) is 3.63. The number of nitrogens with two attached hydrogens (primary N) is 1. The number of carbonyl (C=O) groups is 1. The molecule has 1 heterocycles. The molecule has 0 bridgehead atoms. The van der Waals surface area contributed by atoms with Crippen LogP contribution in [0.1, 0.15) is 44.3 Å². The summed E-state index contributed by atoms with van der Waals surface area (Å²) in [6.07, 6.45) is 6.16. The van der Waals surface area contributed by atoms with E-state index in [2.05, 4.69) is 15.3 Å². The summed E-state index contributed by atoms with van der Waals surface area (Å²) in [5.74, 6) is 1.10. The van der Waals surface area contributed by atoms with E-state index in [4.69, 9.17) is 5.73 Å². The SMILES string of the molecule is NCC1CCCCC1NC(=O)CCCc1nc2ccccc2c(=O)[nH]1. The molecular weight excluding hydrogens is 316 g/mol. The molecule has 6 nitrogen and oxygen atoms in total. The number of benzene rings is 1. The molecule has 1 aromatic heterocycles. The lowest BCUT2D eigenvalue weighted by molar-refractivity contribution is -0.122. The predicted octanol–water partition coefficient (Wildman–Crippen LogP) is 1.88. The third kappa shape index (κ3) is 4.45. The Labute approximate surface area is 147 Å². The summed E-state index contributed by atoms with van der Waals surface area (Å²) in [7, 11) is 0. The van der Waals surface area contributed by atoms with Gasteiger partial charge in [0.15, 0.2) is 0 Å². The van der Waals surface area contributed by atoms with Gasteiger partial charge in [-0.1, -0.05) is 25.0 Å². The van der Waals surface area contributed by atoms with Crippen molar-refractivity contribution < 1.29 is 4.79 Å². The zero-order valence-corrected chi connectivity index (χ0v) is 14.5. The fourth-order valence-corrected chi connectivity index (χ4v) is 3.63. The Hall–Kier alpha value is -2.21. The lowest BCUT2D eigenvalue weighted by Gasteiger charge is -2.31. The van der Waals surface area contributed by atoms with E-state index >= 15 is 0 Å². The normalized spacial score (nSPS) is 20.5. The van der Waals surface area contributed by atoms with Gasteiger partial charge in [-0.3, -0.25) is 9.59 Å². The minimum atomic E-state index is -0.127. The Morgan fingerprint density at radius 2 is 2.08 bits per heavy atom. The average Bonchev–Trinajstić information content (AvgIpc) is 2.62. The van der Waals surface area contributed by atoms with Crippen molar-refractivity contribution in [3.63, 3.8) is 0 Å². The Morgan fingerprint density at radius 1 is 1.28 bits per heavy atom. The van der Waals surface area contributed by atoms with Crippen LogP contribution in [-0.2, 0) is 11.2 Å². The van der Waals surface area contributed by atoms with Gasteiger partial charge in [-0.25, -0.2) is 4.98 Å². The zero-order valence-electron chi connectivity index (χ0n) is 14.5. The molecule has 1 saturated carbocycles. The first kappa shape index (κ1) is 17.6. The van der Waals surface area contributed by atoms with Crippen molar-refractivity contribution in [2.24, 2.45) is 11.7 Å². The van der Waals surface area contributed by atoms with Crippen LogP contribution in [-0.4, -0.2) is 28.5 Å². The predicted molar refractivity (Wildman–Crippen MR) is 98.2 cm³/mol. The van der Waals surface area contributed by atoms with E-state index in [1.54, 1.807) is 6.07 Å². The Kier molecular flexibility index (Phi) is 5.81. The highest BCUT2D eigenvalue weighted by atomic mass is 16.1. The standard InChI is InChI=1S/C19H26N4O2/c20-12-13-6-1-3-8-15(13)22-18(24)11-5-10-17-21-16-9-4-2-7-14(16)19(25)23-17/h2,4,7,9,13,15H,1,3,5-6,8,10-12,20H2,(H,22,24)(H,21,23,25). The van der Waals surface area contributed by atoms with Crippen molar-refractivity contribution in [2.75, 3.05) is 6.54 Å². The number of rotatable bonds is 6. The number of aromatic nitrogens is 2. The number of fused-ring (bicyclic) bond motifs is 1. The first-order chi connectivity index (χ1) is 12.2. The van der Waals surface area contributed by atoms with Gasteiger partial charge in [0.1, 0.15) is 5.82 Å². The van der Waals surface area contributed by atoms with Gasteiger partial charge in [0, 0.05) is 18.9 Å². The van der Waals surface area contributed by atoms with E-state index < -0.39 is 0 Å². The Morgan fingerprint density at radius 3 is 2.92 bits per heavy atom. The molecule has 2 unspecified atom stereocenters. The van der Waals surface area contributed by atoms with Crippen LogP contribution in [0.15, 0.2) is 29.1 Å². The Bertz CT molecular complexity index is 786. The number of H-pyrrole nitrogens is 1. The van der Waals surface area contributed by atoms with E-state index in [-0.39, 0.29) is 17.5 Å². The highest BCUT2D eigenvalue weighted by Gasteiger charge is 2.24. The van der Waals surface area contributed by atoms with E-state index in [0.29, 0.717) is 48.5 Å². The number of aryl methyl sites for hydroxylation is 1. The molecule has 0 aliphatic heterocycles.